The molecule has 0 spiro atoms. The topological polar surface area (TPSA) is 47.9 Å². The lowest BCUT2D eigenvalue weighted by Gasteiger charge is -2.06. The molecule has 0 aliphatic heterocycles. The molecule has 2 heterocycles. The van der Waals surface area contributed by atoms with Gasteiger partial charge in [-0.15, -0.1) is 0 Å². The monoisotopic (exact) mass is 243 g/mol. The van der Waals surface area contributed by atoms with Gasteiger partial charge in [-0.25, -0.2) is 9.97 Å². The zero-order chi connectivity index (χ0) is 13.0. The molecule has 4 heteroatoms. The van der Waals surface area contributed by atoms with Crippen LogP contribution in [-0.2, 0) is 6.42 Å². The number of aromatic nitrogens is 3. The highest BCUT2D eigenvalue weighted by molar-refractivity contribution is 5.50. The maximum Gasteiger partial charge on any atom is 0.216 e. The number of hydrogen-bond acceptors (Lipinski definition) is 4. The van der Waals surface area contributed by atoms with Crippen LogP contribution in [0.15, 0.2) is 24.3 Å². The average Bonchev–Trinajstić information content (AvgIpc) is 2.39. The minimum Gasteiger partial charge on any atom is -0.481 e. The first-order chi connectivity index (χ1) is 8.72. The molecule has 2 aromatic heterocycles. The Morgan fingerprint density at radius 3 is 2.67 bits per heavy atom. The lowest BCUT2D eigenvalue weighted by atomic mass is 10.2. The Hall–Kier alpha value is -1.97. The molecule has 18 heavy (non-hydrogen) atoms. The Bertz CT molecular complexity index is 540. The largest absolute Gasteiger partial charge is 0.481 e. The fourth-order valence-corrected chi connectivity index (χ4v) is 1.74. The molecule has 0 N–H and O–H groups in total. The SMILES string of the molecule is CCCc1cc(OC)nc(-c2cccc(C)n2)n1. The predicted octanol–water partition coefficient (Wildman–Crippen LogP) is 2.81. The zero-order valence-corrected chi connectivity index (χ0v) is 11.0. The number of rotatable bonds is 4. The van der Waals surface area contributed by atoms with E-state index in [2.05, 4.69) is 21.9 Å². The fourth-order valence-electron chi connectivity index (χ4n) is 1.74. The third-order valence-corrected chi connectivity index (χ3v) is 2.59. The van der Waals surface area contributed by atoms with Gasteiger partial charge in [0.1, 0.15) is 5.69 Å². The van der Waals surface area contributed by atoms with Gasteiger partial charge in [-0.2, -0.15) is 4.98 Å². The van der Waals surface area contributed by atoms with Gasteiger partial charge in [0.15, 0.2) is 5.82 Å². The van der Waals surface area contributed by atoms with Gasteiger partial charge in [0.05, 0.1) is 7.11 Å². The molecular formula is C14H17N3O. The predicted molar refractivity (Wildman–Crippen MR) is 70.5 cm³/mol. The zero-order valence-electron chi connectivity index (χ0n) is 11.0. The van der Waals surface area contributed by atoms with Crippen molar-refractivity contribution < 1.29 is 4.74 Å². The molecule has 0 bridgehead atoms. The molecule has 2 rings (SSSR count). The van der Waals surface area contributed by atoms with Crippen molar-refractivity contribution in [3.8, 4) is 17.4 Å². The van der Waals surface area contributed by atoms with Crippen molar-refractivity contribution in [3.05, 3.63) is 35.7 Å². The molecule has 2 aromatic rings. The number of hydrogen-bond donors (Lipinski definition) is 0. The van der Waals surface area contributed by atoms with Crippen LogP contribution in [0.3, 0.4) is 0 Å². The molecule has 0 fully saturated rings. The molecule has 0 aliphatic rings. The Morgan fingerprint density at radius 2 is 2.00 bits per heavy atom. The summed E-state index contributed by atoms with van der Waals surface area (Å²) in [6.45, 7) is 4.08. The van der Waals surface area contributed by atoms with Gasteiger partial charge >= 0.3 is 0 Å². The van der Waals surface area contributed by atoms with E-state index < -0.39 is 0 Å². The first-order valence-electron chi connectivity index (χ1n) is 6.09. The van der Waals surface area contributed by atoms with Gasteiger partial charge in [-0.05, 0) is 25.5 Å². The highest BCUT2D eigenvalue weighted by Crippen LogP contribution is 2.18. The van der Waals surface area contributed by atoms with Gasteiger partial charge < -0.3 is 4.74 Å². The van der Waals surface area contributed by atoms with Gasteiger partial charge in [0, 0.05) is 17.5 Å². The summed E-state index contributed by atoms with van der Waals surface area (Å²) in [5.41, 5.74) is 2.73. The molecule has 0 aliphatic carbocycles. The summed E-state index contributed by atoms with van der Waals surface area (Å²) in [7, 11) is 1.62. The number of methoxy groups -OCH3 is 1. The highest BCUT2D eigenvalue weighted by atomic mass is 16.5. The molecule has 0 atom stereocenters. The smallest absolute Gasteiger partial charge is 0.216 e. The standard InChI is InChI=1S/C14H17N3O/c1-4-6-11-9-13(18-3)17-14(16-11)12-8-5-7-10(2)15-12/h5,7-9H,4,6H2,1-3H3. The second kappa shape index (κ2) is 5.58. The number of aryl methyl sites for hydroxylation is 2. The van der Waals surface area contributed by atoms with E-state index in [0.717, 1.165) is 29.9 Å². The lowest BCUT2D eigenvalue weighted by molar-refractivity contribution is 0.396. The van der Waals surface area contributed by atoms with E-state index in [1.54, 1.807) is 7.11 Å². The van der Waals surface area contributed by atoms with E-state index >= 15 is 0 Å². The Balaban J connectivity index is 2.46. The first kappa shape index (κ1) is 12.5. The van der Waals surface area contributed by atoms with Crippen molar-refractivity contribution in [2.24, 2.45) is 0 Å². The summed E-state index contributed by atoms with van der Waals surface area (Å²) >= 11 is 0. The summed E-state index contributed by atoms with van der Waals surface area (Å²) < 4.78 is 5.21. The van der Waals surface area contributed by atoms with Crippen LogP contribution in [0, 0.1) is 6.92 Å². The van der Waals surface area contributed by atoms with Crippen LogP contribution in [0.25, 0.3) is 11.5 Å². The number of nitrogens with zero attached hydrogens (tertiary/aromatic N) is 3. The third kappa shape index (κ3) is 2.83. The minimum atomic E-state index is 0.590. The first-order valence-corrected chi connectivity index (χ1v) is 6.09. The van der Waals surface area contributed by atoms with Crippen molar-refractivity contribution in [1.82, 2.24) is 15.0 Å². The summed E-state index contributed by atoms with van der Waals surface area (Å²) in [4.78, 5) is 13.3. The van der Waals surface area contributed by atoms with E-state index in [4.69, 9.17) is 4.74 Å². The minimum absolute atomic E-state index is 0.590. The van der Waals surface area contributed by atoms with Crippen LogP contribution < -0.4 is 4.74 Å². The fraction of sp³-hybridized carbons (Fsp3) is 0.357. The quantitative estimate of drug-likeness (QED) is 0.828. The molecule has 0 aromatic carbocycles. The van der Waals surface area contributed by atoms with E-state index in [9.17, 15) is 0 Å². The maximum atomic E-state index is 5.21. The van der Waals surface area contributed by atoms with Crippen molar-refractivity contribution >= 4 is 0 Å². The van der Waals surface area contributed by atoms with Crippen molar-refractivity contribution in [2.75, 3.05) is 7.11 Å². The molecule has 0 saturated carbocycles. The van der Waals surface area contributed by atoms with Crippen molar-refractivity contribution in [1.29, 1.82) is 0 Å². The Morgan fingerprint density at radius 1 is 1.17 bits per heavy atom. The summed E-state index contributed by atoms with van der Waals surface area (Å²) in [5, 5.41) is 0. The van der Waals surface area contributed by atoms with E-state index in [1.165, 1.54) is 0 Å². The number of ether oxygens (including phenoxy) is 1. The van der Waals surface area contributed by atoms with Crippen LogP contribution in [0.5, 0.6) is 5.88 Å². The van der Waals surface area contributed by atoms with Gasteiger partial charge in [0.25, 0.3) is 0 Å². The average molecular weight is 243 g/mol. The van der Waals surface area contributed by atoms with Crippen LogP contribution in [-0.4, -0.2) is 22.1 Å². The molecule has 0 saturated heterocycles. The van der Waals surface area contributed by atoms with E-state index in [-0.39, 0.29) is 0 Å². The second-order valence-corrected chi connectivity index (χ2v) is 4.14. The highest BCUT2D eigenvalue weighted by Gasteiger charge is 2.08. The third-order valence-electron chi connectivity index (χ3n) is 2.59. The van der Waals surface area contributed by atoms with Gasteiger partial charge in [0.2, 0.25) is 5.88 Å². The Kier molecular flexibility index (Phi) is 3.87. The van der Waals surface area contributed by atoms with Crippen molar-refractivity contribution in [2.45, 2.75) is 26.7 Å². The molecule has 0 radical (unpaired) electrons. The van der Waals surface area contributed by atoms with Crippen LogP contribution in [0.2, 0.25) is 0 Å². The van der Waals surface area contributed by atoms with Crippen LogP contribution in [0.1, 0.15) is 24.7 Å². The van der Waals surface area contributed by atoms with Crippen LogP contribution >= 0.6 is 0 Å². The molecule has 0 amide bonds. The summed E-state index contributed by atoms with van der Waals surface area (Å²) in [6, 6.07) is 7.71. The Labute approximate surface area is 107 Å². The van der Waals surface area contributed by atoms with E-state index in [0.29, 0.717) is 11.7 Å². The summed E-state index contributed by atoms with van der Waals surface area (Å²) in [5.74, 6) is 1.22. The molecular weight excluding hydrogens is 226 g/mol. The normalized spacial score (nSPS) is 10.4. The van der Waals surface area contributed by atoms with Crippen LogP contribution in [0.4, 0.5) is 0 Å². The van der Waals surface area contributed by atoms with Gasteiger partial charge in [-0.1, -0.05) is 19.4 Å². The molecule has 0 unspecified atom stereocenters. The second-order valence-electron chi connectivity index (χ2n) is 4.14. The maximum absolute atomic E-state index is 5.21. The molecule has 94 valence electrons. The van der Waals surface area contributed by atoms with Gasteiger partial charge in [-0.3, -0.25) is 0 Å². The summed E-state index contributed by atoms with van der Waals surface area (Å²) in [6.07, 6.45) is 1.96. The lowest BCUT2D eigenvalue weighted by Crippen LogP contribution is -2.00. The van der Waals surface area contributed by atoms with E-state index in [1.807, 2.05) is 31.2 Å². The number of pyridine rings is 1. The molecule has 4 nitrogen and oxygen atoms in total. The van der Waals surface area contributed by atoms with Crippen molar-refractivity contribution in [3.63, 3.8) is 0 Å².